The molecule has 148 valence electrons. The van der Waals surface area contributed by atoms with Crippen LogP contribution in [-0.4, -0.2) is 55.3 Å². The Morgan fingerprint density at radius 1 is 1.07 bits per heavy atom. The first kappa shape index (κ1) is 19.9. The zero-order valence-electron chi connectivity index (χ0n) is 16.9. The van der Waals surface area contributed by atoms with Gasteiger partial charge in [0.25, 0.3) is 0 Å². The highest BCUT2D eigenvalue weighted by Gasteiger charge is 2.36. The molecule has 0 bridgehead atoms. The molecule has 2 fully saturated rings. The molecule has 1 aliphatic carbocycles. The van der Waals surface area contributed by atoms with Gasteiger partial charge in [-0.3, -0.25) is 9.59 Å². The molecule has 1 N–H and O–H groups in total. The van der Waals surface area contributed by atoms with Crippen molar-refractivity contribution in [2.75, 3.05) is 33.7 Å². The lowest BCUT2D eigenvalue weighted by Gasteiger charge is -2.32. The van der Waals surface area contributed by atoms with E-state index in [4.69, 9.17) is 0 Å². The van der Waals surface area contributed by atoms with Crippen LogP contribution in [0.2, 0.25) is 0 Å². The highest BCUT2D eigenvalue weighted by atomic mass is 16.2. The van der Waals surface area contributed by atoms with Gasteiger partial charge in [-0.2, -0.15) is 0 Å². The molecule has 5 heteroatoms. The zero-order chi connectivity index (χ0) is 19.4. The van der Waals surface area contributed by atoms with Crippen LogP contribution in [0.15, 0.2) is 24.3 Å². The van der Waals surface area contributed by atoms with E-state index in [0.29, 0.717) is 12.5 Å². The molecule has 1 aliphatic heterocycles. The topological polar surface area (TPSA) is 52.7 Å². The molecule has 1 saturated heterocycles. The number of amides is 2. The summed E-state index contributed by atoms with van der Waals surface area (Å²) in [6.07, 6.45) is 4.69. The highest BCUT2D eigenvalue weighted by Crippen LogP contribution is 2.32. The van der Waals surface area contributed by atoms with E-state index in [2.05, 4.69) is 41.4 Å². The summed E-state index contributed by atoms with van der Waals surface area (Å²) in [4.78, 5) is 28.9. The van der Waals surface area contributed by atoms with Gasteiger partial charge in [-0.05, 0) is 57.3 Å². The van der Waals surface area contributed by atoms with Crippen LogP contribution >= 0.6 is 0 Å². The SMILES string of the molecule is CCc1ccc([C@H](CNC(=O)C2CCN(C(=O)C3CC3)CC2)N(C)C)cc1. The molecule has 1 atom stereocenters. The van der Waals surface area contributed by atoms with Crippen LogP contribution in [0, 0.1) is 11.8 Å². The predicted molar refractivity (Wildman–Crippen MR) is 107 cm³/mol. The zero-order valence-corrected chi connectivity index (χ0v) is 16.9. The minimum atomic E-state index is 0.0264. The molecule has 1 aromatic carbocycles. The van der Waals surface area contributed by atoms with E-state index in [1.54, 1.807) is 0 Å². The Labute approximate surface area is 163 Å². The Morgan fingerprint density at radius 2 is 1.70 bits per heavy atom. The normalized spacial score (nSPS) is 19.2. The summed E-state index contributed by atoms with van der Waals surface area (Å²) < 4.78 is 0. The van der Waals surface area contributed by atoms with Crippen molar-refractivity contribution in [1.82, 2.24) is 15.1 Å². The molecular formula is C22H33N3O2. The molecule has 5 nitrogen and oxygen atoms in total. The van der Waals surface area contributed by atoms with Crippen molar-refractivity contribution in [3.8, 4) is 0 Å². The molecular weight excluding hydrogens is 338 g/mol. The number of hydrogen-bond donors (Lipinski definition) is 1. The number of likely N-dealkylation sites (N-methyl/N-ethyl adjacent to an activating group) is 1. The highest BCUT2D eigenvalue weighted by molar-refractivity contribution is 5.82. The van der Waals surface area contributed by atoms with E-state index < -0.39 is 0 Å². The molecule has 0 radical (unpaired) electrons. The van der Waals surface area contributed by atoms with Crippen LogP contribution < -0.4 is 5.32 Å². The van der Waals surface area contributed by atoms with Crippen molar-refractivity contribution < 1.29 is 9.59 Å². The van der Waals surface area contributed by atoms with Crippen LogP contribution in [0.3, 0.4) is 0 Å². The molecule has 1 aromatic rings. The number of carbonyl (C=O) groups is 2. The van der Waals surface area contributed by atoms with Gasteiger partial charge in [0.05, 0.1) is 6.04 Å². The number of aryl methyl sites for hydroxylation is 1. The Balaban J connectivity index is 1.49. The third-order valence-electron chi connectivity index (χ3n) is 5.97. The fraction of sp³-hybridized carbons (Fsp3) is 0.636. The maximum absolute atomic E-state index is 12.6. The molecule has 0 aromatic heterocycles. The Hall–Kier alpha value is -1.88. The van der Waals surface area contributed by atoms with Crippen LogP contribution in [0.5, 0.6) is 0 Å². The standard InChI is InChI=1S/C22H33N3O2/c1-4-16-5-7-17(8-6-16)20(24(2)3)15-23-21(26)18-11-13-25(14-12-18)22(27)19-9-10-19/h5-8,18-20H,4,9-15H2,1-3H3,(H,23,26)/t20-/m0/s1. The van der Waals surface area contributed by atoms with Crippen molar-refractivity contribution in [3.05, 3.63) is 35.4 Å². The number of likely N-dealkylation sites (tertiary alicyclic amines) is 1. The van der Waals surface area contributed by atoms with Gasteiger partial charge in [0.1, 0.15) is 0 Å². The van der Waals surface area contributed by atoms with Gasteiger partial charge in [0.2, 0.25) is 11.8 Å². The van der Waals surface area contributed by atoms with E-state index in [1.165, 1.54) is 11.1 Å². The molecule has 1 saturated carbocycles. The van der Waals surface area contributed by atoms with Crippen molar-refractivity contribution in [2.45, 2.75) is 45.1 Å². The smallest absolute Gasteiger partial charge is 0.225 e. The lowest BCUT2D eigenvalue weighted by atomic mass is 9.95. The number of nitrogens with one attached hydrogen (secondary N) is 1. The maximum atomic E-state index is 12.6. The van der Waals surface area contributed by atoms with Crippen molar-refractivity contribution in [1.29, 1.82) is 0 Å². The third kappa shape index (κ3) is 5.10. The lowest BCUT2D eigenvalue weighted by Crippen LogP contribution is -2.44. The number of nitrogens with zero attached hydrogens (tertiary/aromatic N) is 2. The molecule has 27 heavy (non-hydrogen) atoms. The Morgan fingerprint density at radius 3 is 2.22 bits per heavy atom. The fourth-order valence-electron chi connectivity index (χ4n) is 3.87. The number of rotatable bonds is 7. The third-order valence-corrected chi connectivity index (χ3v) is 5.97. The first-order valence-electron chi connectivity index (χ1n) is 10.3. The molecule has 2 aliphatic rings. The van der Waals surface area contributed by atoms with Gasteiger partial charge < -0.3 is 15.1 Å². The van der Waals surface area contributed by atoms with E-state index in [-0.39, 0.29) is 23.8 Å². The van der Waals surface area contributed by atoms with Crippen molar-refractivity contribution in [3.63, 3.8) is 0 Å². The van der Waals surface area contributed by atoms with Gasteiger partial charge in [-0.1, -0.05) is 31.2 Å². The maximum Gasteiger partial charge on any atom is 0.225 e. The van der Waals surface area contributed by atoms with Gasteiger partial charge in [0, 0.05) is 31.5 Å². The van der Waals surface area contributed by atoms with Gasteiger partial charge in [0.15, 0.2) is 0 Å². The average molecular weight is 372 g/mol. The second-order valence-electron chi connectivity index (χ2n) is 8.19. The van der Waals surface area contributed by atoms with E-state index in [1.807, 2.05) is 19.0 Å². The summed E-state index contributed by atoms with van der Waals surface area (Å²) >= 11 is 0. The monoisotopic (exact) mass is 371 g/mol. The van der Waals surface area contributed by atoms with Crippen LogP contribution in [0.1, 0.15) is 49.8 Å². The summed E-state index contributed by atoms with van der Waals surface area (Å²) in [5.41, 5.74) is 2.55. The minimum absolute atomic E-state index is 0.0264. The number of piperidine rings is 1. The Bertz CT molecular complexity index is 644. The average Bonchev–Trinajstić information content (AvgIpc) is 3.53. The Kier molecular flexibility index (Phi) is 6.53. The second kappa shape index (κ2) is 8.87. The van der Waals surface area contributed by atoms with E-state index in [0.717, 1.165) is 45.2 Å². The van der Waals surface area contributed by atoms with Crippen LogP contribution in [-0.2, 0) is 16.0 Å². The molecule has 3 rings (SSSR count). The summed E-state index contributed by atoms with van der Waals surface area (Å²) in [5, 5.41) is 3.16. The van der Waals surface area contributed by atoms with Gasteiger partial charge in [-0.25, -0.2) is 0 Å². The number of hydrogen-bond acceptors (Lipinski definition) is 3. The van der Waals surface area contributed by atoms with Crippen LogP contribution in [0.4, 0.5) is 0 Å². The molecule has 0 spiro atoms. The second-order valence-corrected chi connectivity index (χ2v) is 8.19. The first-order chi connectivity index (χ1) is 13.0. The van der Waals surface area contributed by atoms with Crippen molar-refractivity contribution >= 4 is 11.8 Å². The minimum Gasteiger partial charge on any atom is -0.354 e. The van der Waals surface area contributed by atoms with Gasteiger partial charge >= 0.3 is 0 Å². The fourth-order valence-corrected chi connectivity index (χ4v) is 3.87. The summed E-state index contributed by atoms with van der Waals surface area (Å²) in [6.45, 7) is 4.21. The van der Waals surface area contributed by atoms with Crippen molar-refractivity contribution in [2.24, 2.45) is 11.8 Å². The van der Waals surface area contributed by atoms with E-state index >= 15 is 0 Å². The predicted octanol–water partition coefficient (Wildman–Crippen LogP) is 2.62. The summed E-state index contributed by atoms with van der Waals surface area (Å²) in [5.74, 6) is 0.733. The lowest BCUT2D eigenvalue weighted by molar-refractivity contribution is -0.136. The number of benzene rings is 1. The largest absolute Gasteiger partial charge is 0.354 e. The first-order valence-corrected chi connectivity index (χ1v) is 10.3. The molecule has 0 unspecified atom stereocenters. The number of carbonyl (C=O) groups excluding carboxylic acids is 2. The summed E-state index contributed by atoms with van der Waals surface area (Å²) in [6, 6.07) is 8.83. The van der Waals surface area contributed by atoms with E-state index in [9.17, 15) is 9.59 Å². The molecule has 2 amide bonds. The van der Waals surface area contributed by atoms with Gasteiger partial charge in [-0.15, -0.1) is 0 Å². The summed E-state index contributed by atoms with van der Waals surface area (Å²) in [7, 11) is 4.10. The van der Waals surface area contributed by atoms with Crippen LogP contribution in [0.25, 0.3) is 0 Å². The quantitative estimate of drug-likeness (QED) is 0.802. The molecule has 1 heterocycles.